The predicted octanol–water partition coefficient (Wildman–Crippen LogP) is 4.44. The summed E-state index contributed by atoms with van der Waals surface area (Å²) in [5.74, 6) is -1.26. The lowest BCUT2D eigenvalue weighted by Gasteiger charge is -2.32. The highest BCUT2D eigenvalue weighted by Crippen LogP contribution is 2.38. The van der Waals surface area contributed by atoms with Gasteiger partial charge in [-0.05, 0) is 37.8 Å². The second kappa shape index (κ2) is 5.91. The molecule has 0 aromatic heterocycles. The maximum absolute atomic E-state index is 12.8. The van der Waals surface area contributed by atoms with E-state index in [1.807, 2.05) is 0 Å². The van der Waals surface area contributed by atoms with Gasteiger partial charge in [0.1, 0.15) is 0 Å². The molecule has 1 saturated carbocycles. The van der Waals surface area contributed by atoms with Gasteiger partial charge in [0, 0.05) is 23.9 Å². The van der Waals surface area contributed by atoms with Crippen LogP contribution in [0.25, 0.3) is 0 Å². The average Bonchev–Trinajstić information content (AvgIpc) is 2.40. The fourth-order valence-corrected chi connectivity index (χ4v) is 2.76. The monoisotopic (exact) mass is 302 g/mol. The maximum Gasteiger partial charge on any atom is 0.391 e. The van der Waals surface area contributed by atoms with E-state index in [4.69, 9.17) is 0 Å². The van der Waals surface area contributed by atoms with E-state index >= 15 is 0 Å². The molecule has 1 fully saturated rings. The number of non-ortho nitro benzene ring substituents is 1. The van der Waals surface area contributed by atoms with Gasteiger partial charge in [0.25, 0.3) is 5.69 Å². The first-order valence-corrected chi connectivity index (χ1v) is 6.85. The van der Waals surface area contributed by atoms with Gasteiger partial charge >= 0.3 is 6.18 Å². The number of nitrogens with zero attached hydrogens (tertiary/aromatic N) is 1. The minimum absolute atomic E-state index is 0.0186. The van der Waals surface area contributed by atoms with Crippen molar-refractivity contribution in [2.24, 2.45) is 5.92 Å². The summed E-state index contributed by atoms with van der Waals surface area (Å²) in [6, 6.07) is 4.10. The molecule has 1 N–H and O–H groups in total. The summed E-state index contributed by atoms with van der Waals surface area (Å²) in [5.41, 5.74) is 1.31. The van der Waals surface area contributed by atoms with Crippen LogP contribution in [0.15, 0.2) is 18.2 Å². The SMILES string of the molecule is Cc1cc([N+](=O)[O-])ccc1NC1CCCC(C(F)(F)F)C1. The van der Waals surface area contributed by atoms with Crippen LogP contribution in [0.5, 0.6) is 0 Å². The molecule has 116 valence electrons. The molecule has 0 bridgehead atoms. The van der Waals surface area contributed by atoms with Crippen molar-refractivity contribution in [2.75, 3.05) is 5.32 Å². The number of hydrogen-bond acceptors (Lipinski definition) is 3. The molecular weight excluding hydrogens is 285 g/mol. The third-order valence-electron chi connectivity index (χ3n) is 3.92. The van der Waals surface area contributed by atoms with Crippen LogP contribution in [0.2, 0.25) is 0 Å². The Morgan fingerprint density at radius 1 is 1.33 bits per heavy atom. The number of hydrogen-bond donors (Lipinski definition) is 1. The second-order valence-electron chi connectivity index (χ2n) is 5.50. The fraction of sp³-hybridized carbons (Fsp3) is 0.571. The molecule has 0 saturated heterocycles. The van der Waals surface area contributed by atoms with Crippen molar-refractivity contribution in [1.82, 2.24) is 0 Å². The molecular formula is C14H17F3N2O2. The summed E-state index contributed by atoms with van der Waals surface area (Å²) >= 11 is 0. The van der Waals surface area contributed by atoms with Gasteiger partial charge in [0.2, 0.25) is 0 Å². The van der Waals surface area contributed by atoms with Gasteiger partial charge in [-0.25, -0.2) is 0 Å². The summed E-state index contributed by atoms with van der Waals surface area (Å²) < 4.78 is 38.3. The van der Waals surface area contributed by atoms with Gasteiger partial charge in [-0.15, -0.1) is 0 Å². The van der Waals surface area contributed by atoms with E-state index in [9.17, 15) is 23.3 Å². The lowest BCUT2D eigenvalue weighted by molar-refractivity contribution is -0.384. The first kappa shape index (κ1) is 15.6. The van der Waals surface area contributed by atoms with E-state index in [1.54, 1.807) is 13.0 Å². The summed E-state index contributed by atoms with van der Waals surface area (Å²) in [6.07, 6.45) is -2.69. The summed E-state index contributed by atoms with van der Waals surface area (Å²) in [4.78, 5) is 10.2. The molecule has 21 heavy (non-hydrogen) atoms. The van der Waals surface area contributed by atoms with E-state index in [2.05, 4.69) is 5.32 Å². The Bertz CT molecular complexity index is 531. The van der Waals surface area contributed by atoms with Gasteiger partial charge < -0.3 is 5.32 Å². The van der Waals surface area contributed by atoms with E-state index in [0.29, 0.717) is 24.1 Å². The number of benzene rings is 1. The molecule has 0 radical (unpaired) electrons. The molecule has 0 aliphatic heterocycles. The van der Waals surface area contributed by atoms with Crippen LogP contribution in [0, 0.1) is 23.0 Å². The van der Waals surface area contributed by atoms with Crippen molar-refractivity contribution in [3.63, 3.8) is 0 Å². The first-order chi connectivity index (χ1) is 9.77. The molecule has 4 nitrogen and oxygen atoms in total. The molecule has 2 atom stereocenters. The summed E-state index contributed by atoms with van der Waals surface area (Å²) in [6.45, 7) is 1.71. The first-order valence-electron chi connectivity index (χ1n) is 6.85. The molecule has 2 unspecified atom stereocenters. The molecule has 1 aromatic carbocycles. The molecule has 1 aromatic rings. The topological polar surface area (TPSA) is 55.2 Å². The number of halogens is 3. The third-order valence-corrected chi connectivity index (χ3v) is 3.92. The quantitative estimate of drug-likeness (QED) is 0.663. The van der Waals surface area contributed by atoms with Crippen molar-refractivity contribution in [2.45, 2.75) is 44.8 Å². The zero-order valence-electron chi connectivity index (χ0n) is 11.6. The van der Waals surface area contributed by atoms with Crippen molar-refractivity contribution in [3.05, 3.63) is 33.9 Å². The molecule has 0 spiro atoms. The minimum atomic E-state index is -4.15. The zero-order chi connectivity index (χ0) is 15.6. The standard InChI is InChI=1S/C14H17F3N2O2/c1-9-7-12(19(20)21)5-6-13(9)18-11-4-2-3-10(8-11)14(15,16)17/h5-7,10-11,18H,2-4,8H2,1H3. The van der Waals surface area contributed by atoms with E-state index < -0.39 is 17.0 Å². The Labute approximate surface area is 120 Å². The highest BCUT2D eigenvalue weighted by molar-refractivity contribution is 5.55. The van der Waals surface area contributed by atoms with Crippen molar-refractivity contribution >= 4 is 11.4 Å². The number of alkyl halides is 3. The second-order valence-corrected chi connectivity index (χ2v) is 5.50. The number of nitrogens with one attached hydrogen (secondary N) is 1. The minimum Gasteiger partial charge on any atom is -0.382 e. The normalized spacial score (nSPS) is 22.9. The third kappa shape index (κ3) is 3.86. The molecule has 1 aliphatic carbocycles. The lowest BCUT2D eigenvalue weighted by Crippen LogP contribution is -2.34. The van der Waals surface area contributed by atoms with Crippen LogP contribution in [-0.4, -0.2) is 17.1 Å². The van der Waals surface area contributed by atoms with Gasteiger partial charge in [-0.1, -0.05) is 6.42 Å². The molecule has 0 amide bonds. The van der Waals surface area contributed by atoms with Crippen LogP contribution in [-0.2, 0) is 0 Å². The van der Waals surface area contributed by atoms with Gasteiger partial charge in [0.15, 0.2) is 0 Å². The van der Waals surface area contributed by atoms with Crippen LogP contribution in [0.4, 0.5) is 24.5 Å². The smallest absolute Gasteiger partial charge is 0.382 e. The fourth-order valence-electron chi connectivity index (χ4n) is 2.76. The number of anilines is 1. The van der Waals surface area contributed by atoms with Gasteiger partial charge in [-0.3, -0.25) is 10.1 Å². The Hall–Kier alpha value is -1.79. The molecule has 0 heterocycles. The maximum atomic E-state index is 12.8. The van der Waals surface area contributed by atoms with Crippen LogP contribution >= 0.6 is 0 Å². The van der Waals surface area contributed by atoms with Crippen LogP contribution in [0.1, 0.15) is 31.2 Å². The van der Waals surface area contributed by atoms with Crippen molar-refractivity contribution in [1.29, 1.82) is 0 Å². The molecule has 7 heteroatoms. The Morgan fingerprint density at radius 3 is 2.62 bits per heavy atom. The lowest BCUT2D eigenvalue weighted by atomic mass is 9.85. The number of rotatable bonds is 3. The molecule has 2 rings (SSSR count). The summed E-state index contributed by atoms with van der Waals surface area (Å²) in [5, 5.41) is 13.8. The molecule has 1 aliphatic rings. The van der Waals surface area contributed by atoms with Crippen molar-refractivity contribution in [3.8, 4) is 0 Å². The van der Waals surface area contributed by atoms with Crippen LogP contribution < -0.4 is 5.32 Å². The Balaban J connectivity index is 2.06. The number of nitro benzene ring substituents is 1. The van der Waals surface area contributed by atoms with E-state index in [-0.39, 0.29) is 24.6 Å². The number of nitro groups is 1. The van der Waals surface area contributed by atoms with E-state index in [1.165, 1.54) is 12.1 Å². The highest BCUT2D eigenvalue weighted by atomic mass is 19.4. The van der Waals surface area contributed by atoms with Gasteiger partial charge in [0.05, 0.1) is 10.8 Å². The Morgan fingerprint density at radius 2 is 2.05 bits per heavy atom. The zero-order valence-corrected chi connectivity index (χ0v) is 11.6. The van der Waals surface area contributed by atoms with Crippen LogP contribution in [0.3, 0.4) is 0 Å². The van der Waals surface area contributed by atoms with Gasteiger partial charge in [-0.2, -0.15) is 13.2 Å². The van der Waals surface area contributed by atoms with Crippen molar-refractivity contribution < 1.29 is 18.1 Å². The van der Waals surface area contributed by atoms with E-state index in [0.717, 1.165) is 0 Å². The Kier molecular flexibility index (Phi) is 4.39. The summed E-state index contributed by atoms with van der Waals surface area (Å²) in [7, 11) is 0. The number of aryl methyl sites for hydroxylation is 1. The average molecular weight is 302 g/mol. The highest BCUT2D eigenvalue weighted by Gasteiger charge is 2.42. The predicted molar refractivity (Wildman–Crippen MR) is 73.3 cm³/mol. The largest absolute Gasteiger partial charge is 0.391 e.